The zero-order chi connectivity index (χ0) is 9.42. The number of hydrogen-bond donors (Lipinski definition) is 4. The molecule has 0 bridgehead atoms. The van der Waals surface area contributed by atoms with Gasteiger partial charge < -0.3 is 20.6 Å². The number of aliphatic hydroxyl groups is 3. The third-order valence-electron chi connectivity index (χ3n) is 2.59. The second-order valence-corrected chi connectivity index (χ2v) is 3.82. The molecule has 2 aliphatic carbocycles. The molecule has 0 aromatic heterocycles. The predicted molar refractivity (Wildman–Crippen MR) is 47.1 cm³/mol. The standard InChI is InChI=1S/C9H15NO3/c11-7-4-3-6(8(12)9(7)13)10-5-1-2-5/h3-13H,1-2H2/t6?,7?,8?,9-/m0/s1. The van der Waals surface area contributed by atoms with E-state index in [1.54, 1.807) is 6.08 Å². The van der Waals surface area contributed by atoms with Gasteiger partial charge in [-0.1, -0.05) is 12.2 Å². The van der Waals surface area contributed by atoms with Gasteiger partial charge in [-0.2, -0.15) is 0 Å². The van der Waals surface area contributed by atoms with Crippen LogP contribution in [-0.2, 0) is 0 Å². The molecule has 13 heavy (non-hydrogen) atoms. The summed E-state index contributed by atoms with van der Waals surface area (Å²) in [5, 5.41) is 31.3. The van der Waals surface area contributed by atoms with Crippen LogP contribution in [0.2, 0.25) is 0 Å². The van der Waals surface area contributed by atoms with E-state index in [-0.39, 0.29) is 6.04 Å². The molecule has 0 radical (unpaired) electrons. The van der Waals surface area contributed by atoms with E-state index in [4.69, 9.17) is 0 Å². The second-order valence-electron chi connectivity index (χ2n) is 3.82. The normalized spacial score (nSPS) is 45.2. The Labute approximate surface area is 76.9 Å². The fourth-order valence-corrected chi connectivity index (χ4v) is 1.55. The lowest BCUT2D eigenvalue weighted by Gasteiger charge is -2.31. The molecule has 4 heteroatoms. The van der Waals surface area contributed by atoms with Crippen molar-refractivity contribution >= 4 is 0 Å². The van der Waals surface area contributed by atoms with Gasteiger partial charge in [0.1, 0.15) is 18.3 Å². The summed E-state index contributed by atoms with van der Waals surface area (Å²) in [7, 11) is 0. The van der Waals surface area contributed by atoms with Crippen LogP contribution in [0.5, 0.6) is 0 Å². The Morgan fingerprint density at radius 2 is 1.69 bits per heavy atom. The number of hydrogen-bond acceptors (Lipinski definition) is 4. The van der Waals surface area contributed by atoms with Crippen LogP contribution in [0.3, 0.4) is 0 Å². The summed E-state index contributed by atoms with van der Waals surface area (Å²) in [6.45, 7) is 0. The summed E-state index contributed by atoms with van der Waals surface area (Å²) < 4.78 is 0. The lowest BCUT2D eigenvalue weighted by Crippen LogP contribution is -2.52. The maximum Gasteiger partial charge on any atom is 0.111 e. The first-order valence-electron chi connectivity index (χ1n) is 4.67. The molecule has 1 saturated carbocycles. The van der Waals surface area contributed by atoms with Crippen molar-refractivity contribution < 1.29 is 15.3 Å². The summed E-state index contributed by atoms with van der Waals surface area (Å²) in [5.74, 6) is 0. The van der Waals surface area contributed by atoms with Crippen molar-refractivity contribution in [2.45, 2.75) is 43.2 Å². The van der Waals surface area contributed by atoms with Crippen molar-refractivity contribution in [1.29, 1.82) is 0 Å². The summed E-state index contributed by atoms with van der Waals surface area (Å²) in [5.41, 5.74) is 0. The van der Waals surface area contributed by atoms with Crippen LogP contribution in [0, 0.1) is 0 Å². The molecule has 4 atom stereocenters. The maximum absolute atomic E-state index is 9.56. The Kier molecular flexibility index (Phi) is 2.38. The molecule has 0 heterocycles. The molecule has 2 aliphatic rings. The molecule has 0 amide bonds. The minimum atomic E-state index is -1.07. The van der Waals surface area contributed by atoms with E-state index >= 15 is 0 Å². The van der Waals surface area contributed by atoms with Crippen LogP contribution in [-0.4, -0.2) is 45.7 Å². The van der Waals surface area contributed by atoms with Crippen LogP contribution in [0.15, 0.2) is 12.2 Å². The van der Waals surface area contributed by atoms with Gasteiger partial charge >= 0.3 is 0 Å². The van der Waals surface area contributed by atoms with Crippen molar-refractivity contribution in [2.24, 2.45) is 0 Å². The van der Waals surface area contributed by atoms with Crippen LogP contribution >= 0.6 is 0 Å². The highest BCUT2D eigenvalue weighted by Gasteiger charge is 2.35. The minimum Gasteiger partial charge on any atom is -0.388 e. The third kappa shape index (κ3) is 1.91. The van der Waals surface area contributed by atoms with E-state index in [0.717, 1.165) is 12.8 Å². The van der Waals surface area contributed by atoms with Gasteiger partial charge in [0.05, 0.1) is 6.04 Å². The second kappa shape index (κ2) is 3.38. The van der Waals surface area contributed by atoms with E-state index in [2.05, 4.69) is 5.32 Å². The molecule has 4 nitrogen and oxygen atoms in total. The molecule has 3 unspecified atom stereocenters. The third-order valence-corrected chi connectivity index (χ3v) is 2.59. The molecule has 1 fully saturated rings. The van der Waals surface area contributed by atoms with Crippen LogP contribution in [0.4, 0.5) is 0 Å². The first-order valence-corrected chi connectivity index (χ1v) is 4.67. The lowest BCUT2D eigenvalue weighted by atomic mass is 9.94. The van der Waals surface area contributed by atoms with Crippen molar-refractivity contribution in [3.05, 3.63) is 12.2 Å². The number of rotatable bonds is 2. The van der Waals surface area contributed by atoms with Gasteiger partial charge in [0.15, 0.2) is 0 Å². The molecule has 0 aromatic rings. The Balaban J connectivity index is 1.98. The van der Waals surface area contributed by atoms with Gasteiger partial charge in [0, 0.05) is 6.04 Å². The Morgan fingerprint density at radius 1 is 1.00 bits per heavy atom. The van der Waals surface area contributed by atoms with Gasteiger partial charge in [0.25, 0.3) is 0 Å². The Bertz CT molecular complexity index is 215. The van der Waals surface area contributed by atoms with Crippen molar-refractivity contribution in [1.82, 2.24) is 5.32 Å². The summed E-state index contributed by atoms with van der Waals surface area (Å²) in [4.78, 5) is 0. The number of nitrogens with one attached hydrogen (secondary N) is 1. The van der Waals surface area contributed by atoms with Crippen LogP contribution < -0.4 is 5.32 Å². The van der Waals surface area contributed by atoms with Gasteiger partial charge in [-0.05, 0) is 12.8 Å². The van der Waals surface area contributed by atoms with Crippen molar-refractivity contribution in [3.63, 3.8) is 0 Å². The monoisotopic (exact) mass is 185 g/mol. The van der Waals surface area contributed by atoms with E-state index in [9.17, 15) is 15.3 Å². The maximum atomic E-state index is 9.56. The first-order chi connectivity index (χ1) is 6.18. The molecule has 4 N–H and O–H groups in total. The first kappa shape index (κ1) is 9.15. The molecule has 2 rings (SSSR count). The van der Waals surface area contributed by atoms with Gasteiger partial charge in [-0.25, -0.2) is 0 Å². The zero-order valence-electron chi connectivity index (χ0n) is 7.30. The number of aliphatic hydroxyl groups excluding tert-OH is 3. The lowest BCUT2D eigenvalue weighted by molar-refractivity contribution is -0.0567. The van der Waals surface area contributed by atoms with Crippen molar-refractivity contribution in [3.8, 4) is 0 Å². The average molecular weight is 185 g/mol. The van der Waals surface area contributed by atoms with Gasteiger partial charge in [0.2, 0.25) is 0 Å². The summed E-state index contributed by atoms with van der Waals surface area (Å²) >= 11 is 0. The van der Waals surface area contributed by atoms with E-state index in [1.807, 2.05) is 0 Å². The summed E-state index contributed by atoms with van der Waals surface area (Å²) in [6.07, 6.45) is 2.61. The predicted octanol–water partition coefficient (Wildman–Crippen LogP) is -1.24. The molecule has 74 valence electrons. The largest absolute Gasteiger partial charge is 0.388 e. The molecule has 0 saturated heterocycles. The molecular weight excluding hydrogens is 170 g/mol. The van der Waals surface area contributed by atoms with E-state index in [1.165, 1.54) is 6.08 Å². The fraction of sp³-hybridized carbons (Fsp3) is 0.778. The molecule has 0 aliphatic heterocycles. The highest BCUT2D eigenvalue weighted by Crippen LogP contribution is 2.22. The van der Waals surface area contributed by atoms with Crippen LogP contribution in [0.1, 0.15) is 12.8 Å². The van der Waals surface area contributed by atoms with E-state index in [0.29, 0.717) is 6.04 Å². The smallest absolute Gasteiger partial charge is 0.111 e. The highest BCUT2D eigenvalue weighted by atomic mass is 16.4. The SMILES string of the molecule is OC1C=CC(NC2CC2)C(O)[C@H]1O. The fourth-order valence-electron chi connectivity index (χ4n) is 1.55. The van der Waals surface area contributed by atoms with Crippen molar-refractivity contribution in [2.75, 3.05) is 0 Å². The van der Waals surface area contributed by atoms with E-state index < -0.39 is 18.3 Å². The molecular formula is C9H15NO3. The summed E-state index contributed by atoms with van der Waals surface area (Å²) in [6, 6.07) is 0.262. The minimum absolute atomic E-state index is 0.217. The average Bonchev–Trinajstić information content (AvgIpc) is 2.90. The highest BCUT2D eigenvalue weighted by molar-refractivity contribution is 5.11. The Hall–Kier alpha value is -0.420. The van der Waals surface area contributed by atoms with Crippen LogP contribution in [0.25, 0.3) is 0 Å². The van der Waals surface area contributed by atoms with Gasteiger partial charge in [-0.15, -0.1) is 0 Å². The quantitative estimate of drug-likeness (QED) is 0.406. The zero-order valence-corrected chi connectivity index (χ0v) is 7.30. The molecule has 0 spiro atoms. The Morgan fingerprint density at radius 3 is 2.31 bits per heavy atom. The van der Waals surface area contributed by atoms with Gasteiger partial charge in [-0.3, -0.25) is 0 Å². The topological polar surface area (TPSA) is 72.7 Å². The molecule has 0 aromatic carbocycles.